The van der Waals surface area contributed by atoms with Crippen LogP contribution in [-0.2, 0) is 5.41 Å². The maximum absolute atomic E-state index is 14.3. The number of nitrogens with two attached hydrogens (primary N) is 1. The number of hydrazine groups is 1. The summed E-state index contributed by atoms with van der Waals surface area (Å²) in [7, 11) is 0. The summed E-state index contributed by atoms with van der Waals surface area (Å²) in [4.78, 5) is 0. The second-order valence-electron chi connectivity index (χ2n) is 5.64. The Bertz CT molecular complexity index is 626. The Kier molecular flexibility index (Phi) is 4.11. The Hall–Kier alpha value is -1.23. The molecule has 1 aliphatic carbocycles. The highest BCUT2D eigenvalue weighted by atomic mass is 79.9. The van der Waals surface area contributed by atoms with Crippen molar-refractivity contribution < 1.29 is 4.39 Å². The lowest BCUT2D eigenvalue weighted by Gasteiger charge is -2.48. The van der Waals surface area contributed by atoms with Gasteiger partial charge in [0.05, 0.1) is 6.04 Å². The van der Waals surface area contributed by atoms with E-state index in [2.05, 4.69) is 33.5 Å². The molecule has 1 fully saturated rings. The number of hydrogen-bond donors (Lipinski definition) is 2. The summed E-state index contributed by atoms with van der Waals surface area (Å²) in [5.41, 5.74) is 4.58. The number of nitrogens with one attached hydrogen (secondary N) is 1. The number of benzene rings is 2. The van der Waals surface area contributed by atoms with Gasteiger partial charge in [-0.15, -0.1) is 0 Å². The molecule has 0 bridgehead atoms. The summed E-state index contributed by atoms with van der Waals surface area (Å²) in [6.07, 6.45) is 3.17. The molecule has 2 aromatic carbocycles. The van der Waals surface area contributed by atoms with E-state index in [0.29, 0.717) is 5.56 Å². The van der Waals surface area contributed by atoms with Gasteiger partial charge in [0.15, 0.2) is 0 Å². The second kappa shape index (κ2) is 5.87. The first-order chi connectivity index (χ1) is 10.2. The van der Waals surface area contributed by atoms with Crippen LogP contribution < -0.4 is 11.3 Å². The first kappa shape index (κ1) is 14.7. The van der Waals surface area contributed by atoms with Crippen LogP contribution in [0.25, 0.3) is 0 Å². The molecule has 0 amide bonds. The average molecular weight is 349 g/mol. The summed E-state index contributed by atoms with van der Waals surface area (Å²) in [5, 5.41) is 0. The van der Waals surface area contributed by atoms with Gasteiger partial charge in [-0.3, -0.25) is 11.3 Å². The number of rotatable bonds is 4. The smallest absolute Gasteiger partial charge is 0.128 e. The normalized spacial score (nSPS) is 18.0. The van der Waals surface area contributed by atoms with Crippen LogP contribution >= 0.6 is 15.9 Å². The highest BCUT2D eigenvalue weighted by molar-refractivity contribution is 9.10. The van der Waals surface area contributed by atoms with Crippen LogP contribution in [0.1, 0.15) is 36.4 Å². The summed E-state index contributed by atoms with van der Waals surface area (Å²) >= 11 is 3.42. The lowest BCUT2D eigenvalue weighted by atomic mass is 9.59. The van der Waals surface area contributed by atoms with Crippen molar-refractivity contribution in [2.24, 2.45) is 5.84 Å². The molecule has 2 aromatic rings. The average Bonchev–Trinajstić information content (AvgIpc) is 2.46. The quantitative estimate of drug-likeness (QED) is 0.641. The van der Waals surface area contributed by atoms with Gasteiger partial charge in [0, 0.05) is 15.5 Å². The fourth-order valence-electron chi connectivity index (χ4n) is 3.35. The monoisotopic (exact) mass is 348 g/mol. The molecule has 1 atom stereocenters. The van der Waals surface area contributed by atoms with Crippen molar-refractivity contribution in [3.63, 3.8) is 0 Å². The third-order valence-corrected chi connectivity index (χ3v) is 5.08. The molecule has 4 heteroatoms. The minimum Gasteiger partial charge on any atom is -0.271 e. The first-order valence-corrected chi connectivity index (χ1v) is 7.93. The molecule has 0 heterocycles. The molecule has 0 aliphatic heterocycles. The Morgan fingerprint density at radius 3 is 2.43 bits per heavy atom. The van der Waals surface area contributed by atoms with Crippen LogP contribution in [0.3, 0.4) is 0 Å². The van der Waals surface area contributed by atoms with Crippen molar-refractivity contribution in [3.8, 4) is 0 Å². The molecule has 0 aromatic heterocycles. The van der Waals surface area contributed by atoms with Crippen molar-refractivity contribution in [1.82, 2.24) is 5.43 Å². The van der Waals surface area contributed by atoms with E-state index in [1.165, 1.54) is 11.6 Å². The topological polar surface area (TPSA) is 38.0 Å². The van der Waals surface area contributed by atoms with Crippen molar-refractivity contribution in [2.45, 2.75) is 30.7 Å². The van der Waals surface area contributed by atoms with Gasteiger partial charge in [0.25, 0.3) is 0 Å². The standard InChI is InChI=1S/C17H18BrFN2/c18-13-7-8-15(19)14(11-13)16(21-20)17(9-4-10-17)12-5-2-1-3-6-12/h1-3,5-8,11,16,21H,4,9-10,20H2. The zero-order valence-electron chi connectivity index (χ0n) is 11.7. The molecule has 1 saturated carbocycles. The minimum absolute atomic E-state index is 0.127. The Morgan fingerprint density at radius 2 is 1.86 bits per heavy atom. The van der Waals surface area contributed by atoms with E-state index in [1.807, 2.05) is 24.3 Å². The van der Waals surface area contributed by atoms with Crippen LogP contribution in [-0.4, -0.2) is 0 Å². The zero-order chi connectivity index (χ0) is 14.9. The van der Waals surface area contributed by atoms with Gasteiger partial charge >= 0.3 is 0 Å². The van der Waals surface area contributed by atoms with Crippen molar-refractivity contribution in [3.05, 3.63) is 69.9 Å². The molecular weight excluding hydrogens is 331 g/mol. The third kappa shape index (κ3) is 2.52. The molecule has 110 valence electrons. The fraction of sp³-hybridized carbons (Fsp3) is 0.294. The Balaban J connectivity index is 2.08. The van der Waals surface area contributed by atoms with Gasteiger partial charge in [-0.25, -0.2) is 4.39 Å². The summed E-state index contributed by atoms with van der Waals surface area (Å²) in [5.74, 6) is 5.61. The lowest BCUT2D eigenvalue weighted by molar-refractivity contribution is 0.167. The van der Waals surface area contributed by atoms with E-state index < -0.39 is 0 Å². The maximum atomic E-state index is 14.3. The first-order valence-electron chi connectivity index (χ1n) is 7.14. The van der Waals surface area contributed by atoms with Gasteiger partial charge < -0.3 is 0 Å². The summed E-state index contributed by atoms with van der Waals surface area (Å²) in [6.45, 7) is 0. The predicted octanol–water partition coefficient (Wildman–Crippen LogP) is 4.21. The molecule has 3 rings (SSSR count). The molecule has 0 spiro atoms. The fourth-order valence-corrected chi connectivity index (χ4v) is 3.73. The van der Waals surface area contributed by atoms with Crippen molar-refractivity contribution in [1.29, 1.82) is 0 Å². The van der Waals surface area contributed by atoms with Gasteiger partial charge in [-0.2, -0.15) is 0 Å². The molecule has 0 saturated heterocycles. The highest BCUT2D eigenvalue weighted by Crippen LogP contribution is 2.52. The van der Waals surface area contributed by atoms with Crippen molar-refractivity contribution >= 4 is 15.9 Å². The van der Waals surface area contributed by atoms with Crippen LogP contribution in [0.4, 0.5) is 4.39 Å². The largest absolute Gasteiger partial charge is 0.271 e. The van der Waals surface area contributed by atoms with E-state index in [0.717, 1.165) is 23.7 Å². The zero-order valence-corrected chi connectivity index (χ0v) is 13.2. The Labute approximate surface area is 132 Å². The minimum atomic E-state index is -0.230. The van der Waals surface area contributed by atoms with Crippen LogP contribution in [0.5, 0.6) is 0 Å². The van der Waals surface area contributed by atoms with Crippen LogP contribution in [0.2, 0.25) is 0 Å². The van der Waals surface area contributed by atoms with Gasteiger partial charge in [0.1, 0.15) is 5.82 Å². The third-order valence-electron chi connectivity index (χ3n) is 4.58. The van der Waals surface area contributed by atoms with Crippen molar-refractivity contribution in [2.75, 3.05) is 0 Å². The molecule has 21 heavy (non-hydrogen) atoms. The van der Waals surface area contributed by atoms with E-state index >= 15 is 0 Å². The lowest BCUT2D eigenvalue weighted by Crippen LogP contribution is -2.49. The van der Waals surface area contributed by atoms with E-state index in [9.17, 15) is 4.39 Å². The number of halogens is 2. The SMILES string of the molecule is NNC(c1cc(Br)ccc1F)C1(c2ccccc2)CCC1. The molecule has 0 radical (unpaired) electrons. The molecule has 1 unspecified atom stereocenters. The molecular formula is C17H18BrFN2. The highest BCUT2D eigenvalue weighted by Gasteiger charge is 2.46. The Morgan fingerprint density at radius 1 is 1.14 bits per heavy atom. The summed E-state index contributed by atoms with van der Waals surface area (Å²) < 4.78 is 15.2. The van der Waals surface area contributed by atoms with Crippen LogP contribution in [0.15, 0.2) is 53.0 Å². The van der Waals surface area contributed by atoms with E-state index in [4.69, 9.17) is 5.84 Å². The summed E-state index contributed by atoms with van der Waals surface area (Å²) in [6, 6.07) is 15.1. The number of hydrogen-bond acceptors (Lipinski definition) is 2. The maximum Gasteiger partial charge on any atom is 0.128 e. The molecule has 1 aliphatic rings. The van der Waals surface area contributed by atoms with Crippen LogP contribution in [0, 0.1) is 5.82 Å². The van der Waals surface area contributed by atoms with Gasteiger partial charge in [0.2, 0.25) is 0 Å². The van der Waals surface area contributed by atoms with E-state index in [-0.39, 0.29) is 17.3 Å². The molecule has 3 N–H and O–H groups in total. The predicted molar refractivity (Wildman–Crippen MR) is 86.1 cm³/mol. The van der Waals surface area contributed by atoms with E-state index in [1.54, 1.807) is 6.07 Å². The van der Waals surface area contributed by atoms with Gasteiger partial charge in [-0.05, 0) is 36.6 Å². The second-order valence-corrected chi connectivity index (χ2v) is 6.56. The van der Waals surface area contributed by atoms with Gasteiger partial charge in [-0.1, -0.05) is 52.7 Å². The molecule has 2 nitrogen and oxygen atoms in total.